The minimum Gasteiger partial charge on any atom is -0.320 e. The van der Waals surface area contributed by atoms with E-state index in [2.05, 4.69) is 4.98 Å². The molecule has 0 saturated carbocycles. The lowest BCUT2D eigenvalue weighted by Crippen LogP contribution is -2.16. The highest BCUT2D eigenvalue weighted by atomic mass is 19.2. The molecule has 0 amide bonds. The maximum absolute atomic E-state index is 13.6. The quantitative estimate of drug-likeness (QED) is 0.867. The number of rotatable bonds is 2. The maximum Gasteiger partial charge on any atom is 0.163 e. The zero-order chi connectivity index (χ0) is 12.4. The van der Waals surface area contributed by atoms with Gasteiger partial charge >= 0.3 is 0 Å². The Morgan fingerprint density at radius 3 is 2.53 bits per heavy atom. The summed E-state index contributed by atoms with van der Waals surface area (Å²) in [4.78, 5) is 4.08. The first-order valence-corrected chi connectivity index (χ1v) is 5.22. The molecule has 0 aliphatic rings. The third-order valence-electron chi connectivity index (χ3n) is 2.70. The molecule has 4 heteroatoms. The van der Waals surface area contributed by atoms with E-state index in [4.69, 9.17) is 5.73 Å². The largest absolute Gasteiger partial charge is 0.320 e. The summed E-state index contributed by atoms with van der Waals surface area (Å²) < 4.78 is 26.7. The van der Waals surface area contributed by atoms with Crippen LogP contribution >= 0.6 is 0 Å². The fourth-order valence-electron chi connectivity index (χ4n) is 1.75. The zero-order valence-electron chi connectivity index (χ0n) is 9.32. The van der Waals surface area contributed by atoms with Gasteiger partial charge in [-0.2, -0.15) is 0 Å². The molecule has 1 unspecified atom stereocenters. The maximum atomic E-state index is 13.6. The Labute approximate surface area is 98.1 Å². The lowest BCUT2D eigenvalue weighted by Gasteiger charge is -2.15. The lowest BCUT2D eigenvalue weighted by molar-refractivity contribution is 0.494. The van der Waals surface area contributed by atoms with Crippen molar-refractivity contribution < 1.29 is 8.78 Å². The third-order valence-corrected chi connectivity index (χ3v) is 2.70. The number of hydrogen-bond acceptors (Lipinski definition) is 2. The Hall–Kier alpha value is -1.81. The van der Waals surface area contributed by atoms with E-state index in [9.17, 15) is 8.78 Å². The number of nitrogens with zero attached hydrogens (tertiary/aromatic N) is 1. The first-order chi connectivity index (χ1) is 8.11. The molecular weight excluding hydrogens is 222 g/mol. The first kappa shape index (κ1) is 11.7. The number of hydrogen-bond donors (Lipinski definition) is 1. The predicted molar refractivity (Wildman–Crippen MR) is 61.4 cm³/mol. The average molecular weight is 234 g/mol. The van der Waals surface area contributed by atoms with Gasteiger partial charge in [0.1, 0.15) is 0 Å². The Morgan fingerprint density at radius 2 is 1.82 bits per heavy atom. The van der Waals surface area contributed by atoms with Crippen LogP contribution in [0.5, 0.6) is 0 Å². The molecule has 2 nitrogen and oxygen atoms in total. The predicted octanol–water partition coefficient (Wildman–Crippen LogP) is 2.72. The van der Waals surface area contributed by atoms with Gasteiger partial charge in [0.15, 0.2) is 11.6 Å². The highest BCUT2D eigenvalue weighted by molar-refractivity contribution is 5.34. The molecule has 0 bridgehead atoms. The molecule has 2 N–H and O–H groups in total. The van der Waals surface area contributed by atoms with Crippen LogP contribution in [0.1, 0.15) is 22.9 Å². The topological polar surface area (TPSA) is 38.9 Å². The molecule has 1 aromatic carbocycles. The Kier molecular flexibility index (Phi) is 3.15. The van der Waals surface area contributed by atoms with E-state index < -0.39 is 17.7 Å². The van der Waals surface area contributed by atoms with Gasteiger partial charge in [0.2, 0.25) is 0 Å². The van der Waals surface area contributed by atoms with Gasteiger partial charge in [-0.15, -0.1) is 0 Å². The van der Waals surface area contributed by atoms with Crippen molar-refractivity contribution in [2.45, 2.75) is 13.0 Å². The van der Waals surface area contributed by atoms with Gasteiger partial charge in [0.05, 0.1) is 6.04 Å². The SMILES string of the molecule is Cc1ncccc1C(N)c1cccc(F)c1F. The van der Waals surface area contributed by atoms with E-state index in [1.807, 2.05) is 0 Å². The Morgan fingerprint density at radius 1 is 1.12 bits per heavy atom. The van der Waals surface area contributed by atoms with Gasteiger partial charge in [-0.05, 0) is 24.6 Å². The van der Waals surface area contributed by atoms with Crippen LogP contribution in [0.4, 0.5) is 8.78 Å². The van der Waals surface area contributed by atoms with Crippen LogP contribution in [0.2, 0.25) is 0 Å². The van der Waals surface area contributed by atoms with Gasteiger partial charge < -0.3 is 5.73 Å². The standard InChI is InChI=1S/C13H12F2N2/c1-8-9(5-3-7-17-8)13(16)10-4-2-6-11(14)12(10)15/h2-7,13H,16H2,1H3. The number of aromatic nitrogens is 1. The van der Waals surface area contributed by atoms with Crippen LogP contribution in [-0.4, -0.2) is 4.98 Å². The van der Waals surface area contributed by atoms with E-state index >= 15 is 0 Å². The first-order valence-electron chi connectivity index (χ1n) is 5.22. The second-order valence-corrected chi connectivity index (χ2v) is 3.80. The van der Waals surface area contributed by atoms with Crippen molar-refractivity contribution in [2.24, 2.45) is 5.73 Å². The van der Waals surface area contributed by atoms with Gasteiger partial charge in [-0.25, -0.2) is 8.78 Å². The second kappa shape index (κ2) is 4.59. The highest BCUT2D eigenvalue weighted by Crippen LogP contribution is 2.24. The van der Waals surface area contributed by atoms with Crippen molar-refractivity contribution in [2.75, 3.05) is 0 Å². The van der Waals surface area contributed by atoms with Crippen LogP contribution in [0.3, 0.4) is 0 Å². The molecular formula is C13H12F2N2. The van der Waals surface area contributed by atoms with Crippen molar-refractivity contribution in [3.05, 3.63) is 65.0 Å². The summed E-state index contributed by atoms with van der Waals surface area (Å²) in [5.74, 6) is -1.79. The number of pyridine rings is 1. The van der Waals surface area contributed by atoms with Crippen molar-refractivity contribution in [3.63, 3.8) is 0 Å². The molecule has 0 spiro atoms. The minimum atomic E-state index is -0.900. The summed E-state index contributed by atoms with van der Waals surface area (Å²) in [5.41, 5.74) is 7.48. The number of benzene rings is 1. The summed E-state index contributed by atoms with van der Waals surface area (Å²) in [5, 5.41) is 0. The van der Waals surface area contributed by atoms with Crippen LogP contribution in [0, 0.1) is 18.6 Å². The molecule has 1 heterocycles. The fourth-order valence-corrected chi connectivity index (χ4v) is 1.75. The van der Waals surface area contributed by atoms with Crippen molar-refractivity contribution in [3.8, 4) is 0 Å². The molecule has 0 aliphatic heterocycles. The normalized spacial score (nSPS) is 12.5. The highest BCUT2D eigenvalue weighted by Gasteiger charge is 2.17. The van der Waals surface area contributed by atoms with Gasteiger partial charge in [0, 0.05) is 17.5 Å². The summed E-state index contributed by atoms with van der Waals surface area (Å²) >= 11 is 0. The number of nitrogens with two attached hydrogens (primary N) is 1. The molecule has 2 aromatic rings. The van der Waals surface area contributed by atoms with E-state index in [0.29, 0.717) is 11.3 Å². The summed E-state index contributed by atoms with van der Waals surface area (Å²) in [7, 11) is 0. The second-order valence-electron chi connectivity index (χ2n) is 3.80. The molecule has 0 saturated heterocycles. The molecule has 88 valence electrons. The summed E-state index contributed by atoms with van der Waals surface area (Å²) in [6.07, 6.45) is 1.63. The monoisotopic (exact) mass is 234 g/mol. The Balaban J connectivity index is 2.48. The van der Waals surface area contributed by atoms with Crippen molar-refractivity contribution >= 4 is 0 Å². The van der Waals surface area contributed by atoms with Gasteiger partial charge in [0.25, 0.3) is 0 Å². The molecule has 0 radical (unpaired) electrons. The van der Waals surface area contributed by atoms with Gasteiger partial charge in [-0.3, -0.25) is 4.98 Å². The molecule has 1 atom stereocenters. The van der Waals surface area contributed by atoms with E-state index in [1.54, 1.807) is 25.3 Å². The van der Waals surface area contributed by atoms with Crippen LogP contribution in [-0.2, 0) is 0 Å². The Bertz CT molecular complexity index is 541. The molecule has 0 aliphatic carbocycles. The van der Waals surface area contributed by atoms with E-state index in [0.717, 1.165) is 6.07 Å². The number of halogens is 2. The van der Waals surface area contributed by atoms with Crippen LogP contribution < -0.4 is 5.73 Å². The van der Waals surface area contributed by atoms with Gasteiger partial charge in [-0.1, -0.05) is 18.2 Å². The van der Waals surface area contributed by atoms with E-state index in [-0.39, 0.29) is 5.56 Å². The summed E-state index contributed by atoms with van der Waals surface area (Å²) in [6.45, 7) is 1.78. The minimum absolute atomic E-state index is 0.140. The smallest absolute Gasteiger partial charge is 0.163 e. The van der Waals surface area contributed by atoms with Crippen molar-refractivity contribution in [1.29, 1.82) is 0 Å². The van der Waals surface area contributed by atoms with Crippen LogP contribution in [0.25, 0.3) is 0 Å². The number of aryl methyl sites for hydroxylation is 1. The zero-order valence-corrected chi connectivity index (χ0v) is 9.32. The van der Waals surface area contributed by atoms with Crippen molar-refractivity contribution in [1.82, 2.24) is 4.98 Å². The lowest BCUT2D eigenvalue weighted by atomic mass is 9.98. The average Bonchev–Trinajstić information content (AvgIpc) is 2.32. The molecule has 2 rings (SSSR count). The third kappa shape index (κ3) is 2.17. The molecule has 0 fully saturated rings. The molecule has 1 aromatic heterocycles. The summed E-state index contributed by atoms with van der Waals surface area (Å²) in [6, 6.07) is 6.77. The fraction of sp³-hybridized carbons (Fsp3) is 0.154. The van der Waals surface area contributed by atoms with Crippen LogP contribution in [0.15, 0.2) is 36.5 Å². The van der Waals surface area contributed by atoms with E-state index in [1.165, 1.54) is 12.1 Å². The molecule has 17 heavy (non-hydrogen) atoms.